The van der Waals surface area contributed by atoms with E-state index in [2.05, 4.69) is 28.8 Å². The highest BCUT2D eigenvalue weighted by Crippen LogP contribution is 2.30. The van der Waals surface area contributed by atoms with E-state index in [9.17, 15) is 4.79 Å². The summed E-state index contributed by atoms with van der Waals surface area (Å²) in [5, 5.41) is 6.73. The molecule has 2 aliphatic rings. The molecule has 0 unspecified atom stereocenters. The molecule has 3 rings (SSSR count). The maximum Gasteiger partial charge on any atom is 0.223 e. The Labute approximate surface area is 101 Å². The van der Waals surface area contributed by atoms with E-state index >= 15 is 0 Å². The Kier molecular flexibility index (Phi) is 2.52. The topological polar surface area (TPSA) is 44.4 Å². The molecule has 1 fully saturated rings. The van der Waals surface area contributed by atoms with E-state index in [0.29, 0.717) is 6.04 Å². The van der Waals surface area contributed by atoms with Gasteiger partial charge in [0.25, 0.3) is 0 Å². The zero-order valence-electron chi connectivity index (χ0n) is 9.99. The van der Waals surface area contributed by atoms with Crippen molar-refractivity contribution in [2.24, 2.45) is 0 Å². The van der Waals surface area contributed by atoms with E-state index in [-0.39, 0.29) is 5.91 Å². The van der Waals surface area contributed by atoms with E-state index in [1.807, 2.05) is 4.90 Å². The van der Waals surface area contributed by atoms with Crippen molar-refractivity contribution in [3.8, 4) is 0 Å². The van der Waals surface area contributed by atoms with Crippen LogP contribution in [0.5, 0.6) is 0 Å². The number of nitrogens with one attached hydrogen (secondary N) is 2. The molecule has 2 aliphatic heterocycles. The fourth-order valence-corrected chi connectivity index (χ4v) is 2.45. The SMILES string of the molecule is CC(=O)N1CCc2cc(NC3CNC3)ccc21. The molecule has 90 valence electrons. The average Bonchev–Trinajstić information content (AvgIpc) is 2.66. The van der Waals surface area contributed by atoms with Crippen molar-refractivity contribution in [1.82, 2.24) is 5.32 Å². The fraction of sp³-hybridized carbons (Fsp3) is 0.462. The number of hydrogen-bond acceptors (Lipinski definition) is 3. The summed E-state index contributed by atoms with van der Waals surface area (Å²) >= 11 is 0. The van der Waals surface area contributed by atoms with Crippen LogP contribution < -0.4 is 15.5 Å². The first-order valence-corrected chi connectivity index (χ1v) is 6.12. The molecule has 1 saturated heterocycles. The fourth-order valence-electron chi connectivity index (χ4n) is 2.45. The number of anilines is 2. The standard InChI is InChI=1S/C13H17N3O/c1-9(17)16-5-4-10-6-11(2-3-13(10)16)15-12-7-14-8-12/h2-3,6,12,14-15H,4-5,7-8H2,1H3. The van der Waals surface area contributed by atoms with Crippen molar-refractivity contribution < 1.29 is 4.79 Å². The zero-order valence-corrected chi connectivity index (χ0v) is 9.99. The lowest BCUT2D eigenvalue weighted by Gasteiger charge is -2.29. The zero-order chi connectivity index (χ0) is 11.8. The number of hydrogen-bond donors (Lipinski definition) is 2. The van der Waals surface area contributed by atoms with Crippen LogP contribution in [0.2, 0.25) is 0 Å². The normalized spacial score (nSPS) is 18.8. The first-order valence-electron chi connectivity index (χ1n) is 6.12. The molecule has 4 nitrogen and oxygen atoms in total. The predicted molar refractivity (Wildman–Crippen MR) is 68.5 cm³/mol. The van der Waals surface area contributed by atoms with Crippen molar-refractivity contribution >= 4 is 17.3 Å². The molecule has 2 N–H and O–H groups in total. The molecule has 0 saturated carbocycles. The molecule has 0 aromatic heterocycles. The number of carbonyl (C=O) groups is 1. The van der Waals surface area contributed by atoms with Gasteiger partial charge < -0.3 is 15.5 Å². The van der Waals surface area contributed by atoms with Gasteiger partial charge >= 0.3 is 0 Å². The third-order valence-electron chi connectivity index (χ3n) is 3.51. The average molecular weight is 231 g/mol. The molecular weight excluding hydrogens is 214 g/mol. The lowest BCUT2D eigenvalue weighted by Crippen LogP contribution is -2.51. The van der Waals surface area contributed by atoms with Gasteiger partial charge in [-0.05, 0) is 30.2 Å². The largest absolute Gasteiger partial charge is 0.380 e. The number of rotatable bonds is 2. The highest BCUT2D eigenvalue weighted by Gasteiger charge is 2.23. The quantitative estimate of drug-likeness (QED) is 0.797. The summed E-state index contributed by atoms with van der Waals surface area (Å²) in [4.78, 5) is 13.3. The summed E-state index contributed by atoms with van der Waals surface area (Å²) in [7, 11) is 0. The van der Waals surface area contributed by atoms with Crippen LogP contribution in [0.1, 0.15) is 12.5 Å². The second-order valence-corrected chi connectivity index (χ2v) is 4.76. The van der Waals surface area contributed by atoms with Crippen LogP contribution in [0.4, 0.5) is 11.4 Å². The van der Waals surface area contributed by atoms with Crippen molar-refractivity contribution in [2.45, 2.75) is 19.4 Å². The molecule has 0 bridgehead atoms. The van der Waals surface area contributed by atoms with E-state index in [1.54, 1.807) is 6.92 Å². The summed E-state index contributed by atoms with van der Waals surface area (Å²) in [6, 6.07) is 6.85. The van der Waals surface area contributed by atoms with Crippen molar-refractivity contribution in [1.29, 1.82) is 0 Å². The molecule has 1 amide bonds. The van der Waals surface area contributed by atoms with Gasteiger partial charge in [-0.25, -0.2) is 0 Å². The molecule has 0 atom stereocenters. The van der Waals surface area contributed by atoms with E-state index in [1.165, 1.54) is 11.3 Å². The van der Waals surface area contributed by atoms with Crippen LogP contribution in [-0.4, -0.2) is 31.6 Å². The van der Waals surface area contributed by atoms with Gasteiger partial charge in [-0.15, -0.1) is 0 Å². The van der Waals surface area contributed by atoms with Gasteiger partial charge in [0, 0.05) is 37.9 Å². The third kappa shape index (κ3) is 1.89. The summed E-state index contributed by atoms with van der Waals surface area (Å²) in [5.41, 5.74) is 3.52. The molecule has 0 radical (unpaired) electrons. The smallest absolute Gasteiger partial charge is 0.223 e. The Morgan fingerprint density at radius 1 is 1.47 bits per heavy atom. The third-order valence-corrected chi connectivity index (χ3v) is 3.51. The maximum absolute atomic E-state index is 11.4. The van der Waals surface area contributed by atoms with Crippen molar-refractivity contribution in [2.75, 3.05) is 29.9 Å². The van der Waals surface area contributed by atoms with E-state index in [0.717, 1.165) is 31.7 Å². The van der Waals surface area contributed by atoms with Crippen LogP contribution in [0.25, 0.3) is 0 Å². The van der Waals surface area contributed by atoms with Crippen molar-refractivity contribution in [3.05, 3.63) is 23.8 Å². The Bertz CT molecular complexity index is 454. The number of benzene rings is 1. The molecule has 4 heteroatoms. The second-order valence-electron chi connectivity index (χ2n) is 4.76. The number of fused-ring (bicyclic) bond motifs is 1. The summed E-state index contributed by atoms with van der Waals surface area (Å²) in [6.45, 7) is 4.52. The van der Waals surface area contributed by atoms with Gasteiger partial charge in [-0.3, -0.25) is 4.79 Å². The minimum atomic E-state index is 0.132. The maximum atomic E-state index is 11.4. The Hall–Kier alpha value is -1.55. The van der Waals surface area contributed by atoms with Crippen LogP contribution in [0.3, 0.4) is 0 Å². The summed E-state index contributed by atoms with van der Waals surface area (Å²) < 4.78 is 0. The summed E-state index contributed by atoms with van der Waals surface area (Å²) in [6.07, 6.45) is 0.966. The minimum Gasteiger partial charge on any atom is -0.380 e. The molecule has 1 aromatic rings. The second kappa shape index (κ2) is 4.04. The first-order chi connectivity index (χ1) is 8.24. The Morgan fingerprint density at radius 3 is 2.94 bits per heavy atom. The molecule has 17 heavy (non-hydrogen) atoms. The van der Waals surface area contributed by atoms with Gasteiger partial charge in [-0.1, -0.05) is 0 Å². The Balaban J connectivity index is 1.80. The highest BCUT2D eigenvalue weighted by atomic mass is 16.2. The van der Waals surface area contributed by atoms with Crippen LogP contribution >= 0.6 is 0 Å². The molecule has 2 heterocycles. The van der Waals surface area contributed by atoms with Crippen LogP contribution in [-0.2, 0) is 11.2 Å². The Morgan fingerprint density at radius 2 is 2.29 bits per heavy atom. The molecular formula is C13H17N3O. The highest BCUT2D eigenvalue weighted by molar-refractivity contribution is 5.94. The predicted octanol–water partition coefficient (Wildman–Crippen LogP) is 0.979. The first kappa shape index (κ1) is 10.6. The minimum absolute atomic E-state index is 0.132. The molecule has 1 aromatic carbocycles. The molecule has 0 spiro atoms. The van der Waals surface area contributed by atoms with Gasteiger partial charge in [0.15, 0.2) is 0 Å². The van der Waals surface area contributed by atoms with E-state index < -0.39 is 0 Å². The number of nitrogens with zero attached hydrogens (tertiary/aromatic N) is 1. The number of carbonyl (C=O) groups excluding carboxylic acids is 1. The van der Waals surface area contributed by atoms with Gasteiger partial charge in [0.05, 0.1) is 6.04 Å². The van der Waals surface area contributed by atoms with Crippen molar-refractivity contribution in [3.63, 3.8) is 0 Å². The van der Waals surface area contributed by atoms with E-state index in [4.69, 9.17) is 0 Å². The van der Waals surface area contributed by atoms with Gasteiger partial charge in [0.1, 0.15) is 0 Å². The number of amides is 1. The van der Waals surface area contributed by atoms with Crippen LogP contribution in [0, 0.1) is 0 Å². The van der Waals surface area contributed by atoms with Crippen LogP contribution in [0.15, 0.2) is 18.2 Å². The van der Waals surface area contributed by atoms with Gasteiger partial charge in [0.2, 0.25) is 5.91 Å². The lowest BCUT2D eigenvalue weighted by atomic mass is 10.1. The summed E-state index contributed by atoms with van der Waals surface area (Å²) in [5.74, 6) is 0.132. The monoisotopic (exact) mass is 231 g/mol. The van der Waals surface area contributed by atoms with Gasteiger partial charge in [-0.2, -0.15) is 0 Å². The lowest BCUT2D eigenvalue weighted by molar-refractivity contribution is -0.116. The molecule has 0 aliphatic carbocycles.